The third-order valence-corrected chi connectivity index (χ3v) is 3.98. The smallest absolute Gasteiger partial charge is 0.0659 e. The van der Waals surface area contributed by atoms with Gasteiger partial charge in [0.25, 0.3) is 0 Å². The zero-order valence-corrected chi connectivity index (χ0v) is 12.4. The summed E-state index contributed by atoms with van der Waals surface area (Å²) in [5.41, 5.74) is 5.16. The molecule has 1 aliphatic rings. The minimum absolute atomic E-state index is 0.749. The van der Waals surface area contributed by atoms with E-state index in [2.05, 4.69) is 59.4 Å². The van der Waals surface area contributed by atoms with Gasteiger partial charge in [0.1, 0.15) is 0 Å². The van der Waals surface area contributed by atoms with E-state index in [4.69, 9.17) is 0 Å². The van der Waals surface area contributed by atoms with Crippen LogP contribution < -0.4 is 5.32 Å². The van der Waals surface area contributed by atoms with Gasteiger partial charge in [-0.15, -0.1) is 0 Å². The quantitative estimate of drug-likeness (QED) is 0.873. The lowest BCUT2D eigenvalue weighted by Crippen LogP contribution is -2.15. The maximum atomic E-state index is 4.62. The highest BCUT2D eigenvalue weighted by Crippen LogP contribution is 2.19. The first-order valence-corrected chi connectivity index (χ1v) is 7.58. The fourth-order valence-electron chi connectivity index (χ4n) is 2.42. The Morgan fingerprint density at radius 2 is 1.90 bits per heavy atom. The molecule has 1 heterocycles. The lowest BCUT2D eigenvalue weighted by atomic mass is 10.1. The van der Waals surface area contributed by atoms with Crippen LogP contribution in [0.1, 0.15) is 42.1 Å². The first kappa shape index (κ1) is 13.4. The molecule has 0 saturated heterocycles. The van der Waals surface area contributed by atoms with Crippen molar-refractivity contribution in [2.24, 2.45) is 0 Å². The van der Waals surface area contributed by atoms with Gasteiger partial charge in [0.05, 0.1) is 12.2 Å². The summed E-state index contributed by atoms with van der Waals surface area (Å²) in [5.74, 6) is 0. The largest absolute Gasteiger partial charge is 0.310 e. The van der Waals surface area contributed by atoms with Gasteiger partial charge in [-0.2, -0.15) is 5.10 Å². The van der Waals surface area contributed by atoms with Crippen LogP contribution in [0, 0.1) is 6.92 Å². The van der Waals surface area contributed by atoms with Crippen molar-refractivity contribution in [2.45, 2.75) is 52.2 Å². The minimum atomic E-state index is 0.749. The minimum Gasteiger partial charge on any atom is -0.310 e. The SMILES string of the molecule is CCc1ccc(Cn2cc(CNC3CC3)c(C)n2)cc1. The number of benzene rings is 1. The molecule has 1 aromatic carbocycles. The van der Waals surface area contributed by atoms with Crippen LogP contribution in [0.3, 0.4) is 0 Å². The lowest BCUT2D eigenvalue weighted by Gasteiger charge is -2.03. The molecule has 3 rings (SSSR count). The predicted molar refractivity (Wildman–Crippen MR) is 81.7 cm³/mol. The number of nitrogens with one attached hydrogen (secondary N) is 1. The Bertz CT molecular complexity index is 564. The normalized spacial score (nSPS) is 14.7. The fraction of sp³-hybridized carbons (Fsp3) is 0.471. The van der Waals surface area contributed by atoms with Crippen molar-refractivity contribution in [1.82, 2.24) is 15.1 Å². The summed E-state index contributed by atoms with van der Waals surface area (Å²) < 4.78 is 2.06. The second-order valence-corrected chi connectivity index (χ2v) is 5.76. The maximum absolute atomic E-state index is 4.62. The van der Waals surface area contributed by atoms with E-state index in [1.807, 2.05) is 0 Å². The molecule has 1 N–H and O–H groups in total. The van der Waals surface area contributed by atoms with Gasteiger partial charge in [-0.3, -0.25) is 4.68 Å². The topological polar surface area (TPSA) is 29.9 Å². The van der Waals surface area contributed by atoms with Crippen LogP contribution in [0.25, 0.3) is 0 Å². The standard InChI is InChI=1S/C17H23N3/c1-3-14-4-6-15(7-5-14)11-20-12-16(13(2)19-20)10-18-17-8-9-17/h4-7,12,17-18H,3,8-11H2,1-2H3. The Morgan fingerprint density at radius 3 is 2.55 bits per heavy atom. The van der Waals surface area contributed by atoms with E-state index in [1.165, 1.54) is 29.5 Å². The Morgan fingerprint density at radius 1 is 1.20 bits per heavy atom. The summed E-state index contributed by atoms with van der Waals surface area (Å²) in [6.45, 7) is 6.09. The highest BCUT2D eigenvalue weighted by atomic mass is 15.3. The van der Waals surface area contributed by atoms with Gasteiger partial charge in [-0.1, -0.05) is 31.2 Å². The molecule has 106 valence electrons. The highest BCUT2D eigenvalue weighted by molar-refractivity contribution is 5.23. The van der Waals surface area contributed by atoms with E-state index in [0.717, 1.165) is 31.2 Å². The molecule has 0 bridgehead atoms. The summed E-state index contributed by atoms with van der Waals surface area (Å²) in [4.78, 5) is 0. The van der Waals surface area contributed by atoms with Gasteiger partial charge >= 0.3 is 0 Å². The highest BCUT2D eigenvalue weighted by Gasteiger charge is 2.20. The molecule has 0 spiro atoms. The second kappa shape index (κ2) is 5.80. The molecule has 0 amide bonds. The van der Waals surface area contributed by atoms with E-state index in [0.29, 0.717) is 0 Å². The van der Waals surface area contributed by atoms with Crippen molar-refractivity contribution in [3.05, 3.63) is 52.8 Å². The Kier molecular flexibility index (Phi) is 3.88. The van der Waals surface area contributed by atoms with E-state index < -0.39 is 0 Å². The van der Waals surface area contributed by atoms with Gasteiger partial charge in [0.2, 0.25) is 0 Å². The van der Waals surface area contributed by atoms with Crippen molar-refractivity contribution in [3.63, 3.8) is 0 Å². The van der Waals surface area contributed by atoms with Crippen LogP contribution in [0.4, 0.5) is 0 Å². The van der Waals surface area contributed by atoms with Crippen molar-refractivity contribution >= 4 is 0 Å². The summed E-state index contributed by atoms with van der Waals surface area (Å²) in [6, 6.07) is 9.58. The molecule has 0 atom stereocenters. The fourth-order valence-corrected chi connectivity index (χ4v) is 2.42. The third-order valence-electron chi connectivity index (χ3n) is 3.98. The molecule has 1 saturated carbocycles. The molecular formula is C17H23N3. The number of aryl methyl sites for hydroxylation is 2. The summed E-state index contributed by atoms with van der Waals surface area (Å²) >= 11 is 0. The lowest BCUT2D eigenvalue weighted by molar-refractivity contribution is 0.674. The van der Waals surface area contributed by atoms with Crippen LogP contribution in [0.5, 0.6) is 0 Å². The van der Waals surface area contributed by atoms with Crippen molar-refractivity contribution < 1.29 is 0 Å². The van der Waals surface area contributed by atoms with Crippen LogP contribution in [-0.4, -0.2) is 15.8 Å². The number of hydrogen-bond donors (Lipinski definition) is 1. The summed E-state index contributed by atoms with van der Waals surface area (Å²) in [6.07, 6.45) is 5.94. The average molecular weight is 269 g/mol. The molecular weight excluding hydrogens is 246 g/mol. The predicted octanol–water partition coefficient (Wildman–Crippen LogP) is 3.05. The first-order chi connectivity index (χ1) is 9.74. The summed E-state index contributed by atoms with van der Waals surface area (Å²) in [5, 5.41) is 8.18. The zero-order chi connectivity index (χ0) is 13.9. The molecule has 0 radical (unpaired) electrons. The van der Waals surface area contributed by atoms with Crippen molar-refractivity contribution in [3.8, 4) is 0 Å². The Hall–Kier alpha value is -1.61. The molecule has 1 fully saturated rings. The summed E-state index contributed by atoms with van der Waals surface area (Å²) in [7, 11) is 0. The number of rotatable bonds is 6. The molecule has 20 heavy (non-hydrogen) atoms. The van der Waals surface area contributed by atoms with Crippen LogP contribution >= 0.6 is 0 Å². The van der Waals surface area contributed by atoms with E-state index in [9.17, 15) is 0 Å². The Labute approximate surface area is 121 Å². The van der Waals surface area contributed by atoms with Gasteiger partial charge in [0, 0.05) is 24.3 Å². The van der Waals surface area contributed by atoms with Crippen molar-refractivity contribution in [2.75, 3.05) is 0 Å². The van der Waals surface area contributed by atoms with Crippen molar-refractivity contribution in [1.29, 1.82) is 0 Å². The number of nitrogens with zero attached hydrogens (tertiary/aromatic N) is 2. The van der Waals surface area contributed by atoms with Crippen LogP contribution in [0.15, 0.2) is 30.5 Å². The van der Waals surface area contributed by atoms with E-state index in [-0.39, 0.29) is 0 Å². The van der Waals surface area contributed by atoms with Crippen LogP contribution in [0.2, 0.25) is 0 Å². The van der Waals surface area contributed by atoms with E-state index in [1.54, 1.807) is 0 Å². The van der Waals surface area contributed by atoms with E-state index >= 15 is 0 Å². The Balaban J connectivity index is 1.65. The van der Waals surface area contributed by atoms with Gasteiger partial charge in [-0.05, 0) is 37.3 Å². The molecule has 3 nitrogen and oxygen atoms in total. The van der Waals surface area contributed by atoms with Gasteiger partial charge in [0.15, 0.2) is 0 Å². The van der Waals surface area contributed by atoms with Gasteiger partial charge in [-0.25, -0.2) is 0 Å². The second-order valence-electron chi connectivity index (χ2n) is 5.76. The monoisotopic (exact) mass is 269 g/mol. The molecule has 0 aliphatic heterocycles. The van der Waals surface area contributed by atoms with Crippen LogP contribution in [-0.2, 0) is 19.5 Å². The molecule has 3 heteroatoms. The number of aromatic nitrogens is 2. The molecule has 1 aromatic heterocycles. The molecule has 1 aliphatic carbocycles. The molecule has 0 unspecified atom stereocenters. The van der Waals surface area contributed by atoms with Gasteiger partial charge < -0.3 is 5.32 Å². The number of hydrogen-bond acceptors (Lipinski definition) is 2. The first-order valence-electron chi connectivity index (χ1n) is 7.58. The average Bonchev–Trinajstić information content (AvgIpc) is 3.22. The maximum Gasteiger partial charge on any atom is 0.0659 e. The zero-order valence-electron chi connectivity index (χ0n) is 12.4. The third kappa shape index (κ3) is 3.28. The molecule has 2 aromatic rings.